The first-order valence-corrected chi connectivity index (χ1v) is 9.50. The van der Waals surface area contributed by atoms with Crippen LogP contribution in [0.4, 0.5) is 4.39 Å². The van der Waals surface area contributed by atoms with Crippen molar-refractivity contribution in [2.24, 2.45) is 0 Å². The van der Waals surface area contributed by atoms with Gasteiger partial charge in [0, 0.05) is 22.4 Å². The largest absolute Gasteiger partial charge is 0.353 e. The Morgan fingerprint density at radius 2 is 1.91 bits per heavy atom. The molecule has 1 saturated carbocycles. The summed E-state index contributed by atoms with van der Waals surface area (Å²) in [7, 11) is 0. The lowest BCUT2D eigenvalue weighted by atomic mass is 9.97. The summed E-state index contributed by atoms with van der Waals surface area (Å²) in [5, 5.41) is 3.54. The Morgan fingerprint density at radius 3 is 2.59 bits per heavy atom. The zero-order valence-electron chi connectivity index (χ0n) is 12.7. The molecular weight excluding hydrogens is 321 g/mol. The van der Waals surface area contributed by atoms with E-state index in [1.54, 1.807) is 12.1 Å². The Morgan fingerprint density at radius 1 is 1.23 bits per heavy atom. The highest BCUT2D eigenvalue weighted by molar-refractivity contribution is 7.99. The van der Waals surface area contributed by atoms with Gasteiger partial charge in [-0.25, -0.2) is 4.39 Å². The Labute approximate surface area is 141 Å². The highest BCUT2D eigenvalue weighted by Gasteiger charge is 2.14. The number of rotatable bonds is 5. The zero-order chi connectivity index (χ0) is 15.8. The molecule has 0 spiro atoms. The van der Waals surface area contributed by atoms with Gasteiger partial charge in [-0.15, -0.1) is 11.8 Å². The van der Waals surface area contributed by atoms with Crippen LogP contribution < -0.4 is 5.32 Å². The smallest absolute Gasteiger partial charge is 0.230 e. The quantitative estimate of drug-likeness (QED) is 0.820. The molecule has 0 radical (unpaired) electrons. The van der Waals surface area contributed by atoms with Crippen molar-refractivity contribution in [2.75, 3.05) is 5.75 Å². The van der Waals surface area contributed by atoms with E-state index < -0.39 is 0 Å². The minimum atomic E-state index is -0.305. The molecule has 5 heteroatoms. The molecule has 0 saturated heterocycles. The van der Waals surface area contributed by atoms with Crippen molar-refractivity contribution in [3.63, 3.8) is 0 Å². The summed E-state index contributed by atoms with van der Waals surface area (Å²) in [6.07, 6.45) is 8.41. The van der Waals surface area contributed by atoms with Crippen LogP contribution in [-0.4, -0.2) is 17.7 Å². The number of carbonyl (C=O) groups excluding carboxylic acids is 1. The molecule has 0 heterocycles. The van der Waals surface area contributed by atoms with E-state index in [1.807, 2.05) is 0 Å². The summed E-state index contributed by atoms with van der Waals surface area (Å²) >= 11 is 7.38. The third-order valence-electron chi connectivity index (χ3n) is 4.01. The van der Waals surface area contributed by atoms with Crippen molar-refractivity contribution in [3.05, 3.63) is 34.6 Å². The number of hydrogen-bond acceptors (Lipinski definition) is 2. The van der Waals surface area contributed by atoms with Gasteiger partial charge >= 0.3 is 0 Å². The van der Waals surface area contributed by atoms with E-state index in [-0.39, 0.29) is 11.7 Å². The minimum Gasteiger partial charge on any atom is -0.353 e. The normalized spacial score (nSPS) is 16.8. The maximum atomic E-state index is 13.6. The van der Waals surface area contributed by atoms with Crippen molar-refractivity contribution in [2.45, 2.75) is 56.7 Å². The molecule has 22 heavy (non-hydrogen) atoms. The Kier molecular flexibility index (Phi) is 7.53. The maximum absolute atomic E-state index is 13.6. The summed E-state index contributed by atoms with van der Waals surface area (Å²) in [5.41, 5.74) is 0.480. The highest BCUT2D eigenvalue weighted by Crippen LogP contribution is 2.24. The van der Waals surface area contributed by atoms with Gasteiger partial charge < -0.3 is 5.32 Å². The summed E-state index contributed by atoms with van der Waals surface area (Å²) in [6, 6.07) is 4.98. The number of benzene rings is 1. The highest BCUT2D eigenvalue weighted by atomic mass is 35.5. The van der Waals surface area contributed by atoms with Crippen LogP contribution in [0, 0.1) is 5.82 Å². The van der Waals surface area contributed by atoms with Gasteiger partial charge in [0.1, 0.15) is 5.82 Å². The van der Waals surface area contributed by atoms with Gasteiger partial charge in [0.25, 0.3) is 0 Å². The van der Waals surface area contributed by atoms with E-state index in [0.717, 1.165) is 12.8 Å². The average Bonchev–Trinajstić information content (AvgIpc) is 2.45. The zero-order valence-corrected chi connectivity index (χ0v) is 14.3. The van der Waals surface area contributed by atoms with Crippen molar-refractivity contribution in [1.29, 1.82) is 0 Å². The van der Waals surface area contributed by atoms with Crippen molar-refractivity contribution < 1.29 is 9.18 Å². The summed E-state index contributed by atoms with van der Waals surface area (Å²) < 4.78 is 13.6. The van der Waals surface area contributed by atoms with Gasteiger partial charge in [-0.3, -0.25) is 4.79 Å². The number of carbonyl (C=O) groups is 1. The fourth-order valence-electron chi connectivity index (χ4n) is 2.79. The van der Waals surface area contributed by atoms with E-state index in [2.05, 4.69) is 5.32 Å². The molecule has 1 amide bonds. The second-order valence-electron chi connectivity index (χ2n) is 5.80. The number of halogens is 2. The van der Waals surface area contributed by atoms with Crippen LogP contribution in [0.2, 0.25) is 5.02 Å². The van der Waals surface area contributed by atoms with Crippen LogP contribution in [-0.2, 0) is 10.5 Å². The molecular formula is C17H23ClFNOS. The van der Waals surface area contributed by atoms with Crippen molar-refractivity contribution in [1.82, 2.24) is 5.32 Å². The van der Waals surface area contributed by atoms with Crippen LogP contribution >= 0.6 is 23.4 Å². The Balaban J connectivity index is 1.73. The summed E-state index contributed by atoms with van der Waals surface area (Å²) in [4.78, 5) is 12.0. The van der Waals surface area contributed by atoms with Crippen LogP contribution in [0.5, 0.6) is 0 Å². The third kappa shape index (κ3) is 5.81. The van der Waals surface area contributed by atoms with Crippen LogP contribution in [0.3, 0.4) is 0 Å². The van der Waals surface area contributed by atoms with Gasteiger partial charge in [-0.05, 0) is 25.0 Å². The lowest BCUT2D eigenvalue weighted by molar-refractivity contribution is -0.119. The molecule has 1 aliphatic rings. The van der Waals surface area contributed by atoms with E-state index >= 15 is 0 Å². The van der Waals surface area contributed by atoms with E-state index in [1.165, 1.54) is 49.9 Å². The number of thioether (sulfide) groups is 1. The predicted octanol–water partition coefficient (Wildman–Crippen LogP) is 4.94. The van der Waals surface area contributed by atoms with Crippen LogP contribution in [0.25, 0.3) is 0 Å². The first-order chi connectivity index (χ1) is 10.7. The van der Waals surface area contributed by atoms with Crippen LogP contribution in [0.15, 0.2) is 18.2 Å². The maximum Gasteiger partial charge on any atom is 0.230 e. The summed E-state index contributed by atoms with van der Waals surface area (Å²) in [6.45, 7) is 0. The van der Waals surface area contributed by atoms with E-state index in [9.17, 15) is 9.18 Å². The first kappa shape index (κ1) is 17.6. The molecule has 1 aromatic rings. The molecule has 1 aliphatic carbocycles. The van der Waals surface area contributed by atoms with Crippen molar-refractivity contribution in [3.8, 4) is 0 Å². The molecule has 2 nitrogen and oxygen atoms in total. The monoisotopic (exact) mass is 343 g/mol. The lowest BCUT2D eigenvalue weighted by Gasteiger charge is -2.21. The van der Waals surface area contributed by atoms with Gasteiger partial charge in [0.2, 0.25) is 5.91 Å². The topological polar surface area (TPSA) is 29.1 Å². The standard InChI is InChI=1S/C17H23ClFNOS/c18-15-9-6-10-16(19)14(15)11-22-12-17(21)20-13-7-4-2-1-3-5-8-13/h6,9-10,13H,1-5,7-8,11-12H2,(H,20,21). The second kappa shape index (κ2) is 9.41. The fourth-order valence-corrected chi connectivity index (χ4v) is 3.96. The lowest BCUT2D eigenvalue weighted by Crippen LogP contribution is -2.36. The van der Waals surface area contributed by atoms with Gasteiger partial charge in [0.05, 0.1) is 5.75 Å². The molecule has 122 valence electrons. The molecule has 1 aromatic carbocycles. The molecule has 0 unspecified atom stereocenters. The predicted molar refractivity (Wildman–Crippen MR) is 91.8 cm³/mol. The first-order valence-electron chi connectivity index (χ1n) is 7.97. The SMILES string of the molecule is O=C(CSCc1c(F)cccc1Cl)NC1CCCCCCC1. The Hall–Kier alpha value is -0.740. The van der Waals surface area contributed by atoms with E-state index in [0.29, 0.717) is 28.1 Å². The molecule has 0 atom stereocenters. The summed E-state index contributed by atoms with van der Waals surface area (Å²) in [5.74, 6) is 0.508. The third-order valence-corrected chi connectivity index (χ3v) is 5.32. The van der Waals surface area contributed by atoms with Gasteiger partial charge in [-0.1, -0.05) is 49.8 Å². The number of amides is 1. The fraction of sp³-hybridized carbons (Fsp3) is 0.588. The minimum absolute atomic E-state index is 0.0445. The molecule has 0 aliphatic heterocycles. The average molecular weight is 344 g/mol. The Bertz CT molecular complexity index is 469. The molecule has 0 aromatic heterocycles. The second-order valence-corrected chi connectivity index (χ2v) is 7.20. The van der Waals surface area contributed by atoms with Gasteiger partial charge in [-0.2, -0.15) is 0 Å². The van der Waals surface area contributed by atoms with Crippen molar-refractivity contribution >= 4 is 29.3 Å². The number of hydrogen-bond donors (Lipinski definition) is 1. The van der Waals surface area contributed by atoms with E-state index in [4.69, 9.17) is 11.6 Å². The van der Waals surface area contributed by atoms with Crippen LogP contribution in [0.1, 0.15) is 50.5 Å². The molecule has 1 N–H and O–H groups in total. The molecule has 1 fully saturated rings. The molecule has 2 rings (SSSR count). The molecule has 0 bridgehead atoms. The number of nitrogens with one attached hydrogen (secondary N) is 1. The van der Waals surface area contributed by atoms with Gasteiger partial charge in [0.15, 0.2) is 0 Å².